The predicted octanol–water partition coefficient (Wildman–Crippen LogP) is 1.89. The Morgan fingerprint density at radius 3 is 2.95 bits per heavy atom. The molecule has 0 saturated carbocycles. The van der Waals surface area contributed by atoms with Crippen molar-refractivity contribution in [1.29, 1.82) is 0 Å². The van der Waals surface area contributed by atoms with Crippen LogP contribution in [0, 0.1) is 5.92 Å². The van der Waals surface area contributed by atoms with E-state index in [1.807, 2.05) is 4.68 Å². The first-order valence-corrected chi connectivity index (χ1v) is 6.92. The largest absolute Gasteiger partial charge is 0.343 e. The monoisotopic (exact) mass is 261 g/mol. The standard InChI is InChI=1S/C14H23N5/c1-4-19-14(16-11-17-19)10-18-7-5-6-13(18)9-15-8-12(2)3/h5-7,11-12,15H,4,8-10H2,1-3H3. The Morgan fingerprint density at radius 2 is 2.21 bits per heavy atom. The molecule has 5 heteroatoms. The lowest BCUT2D eigenvalue weighted by atomic mass is 10.2. The molecule has 5 nitrogen and oxygen atoms in total. The number of hydrogen-bond donors (Lipinski definition) is 1. The van der Waals surface area contributed by atoms with Gasteiger partial charge in [0.15, 0.2) is 0 Å². The molecule has 0 fully saturated rings. The fourth-order valence-corrected chi connectivity index (χ4v) is 2.08. The first-order chi connectivity index (χ1) is 9.20. The quantitative estimate of drug-likeness (QED) is 0.828. The third kappa shape index (κ3) is 3.67. The van der Waals surface area contributed by atoms with Gasteiger partial charge in [0.25, 0.3) is 0 Å². The van der Waals surface area contributed by atoms with E-state index in [9.17, 15) is 0 Å². The summed E-state index contributed by atoms with van der Waals surface area (Å²) in [5.74, 6) is 1.68. The zero-order valence-electron chi connectivity index (χ0n) is 12.0. The summed E-state index contributed by atoms with van der Waals surface area (Å²) in [4.78, 5) is 4.32. The van der Waals surface area contributed by atoms with E-state index in [0.717, 1.165) is 32.0 Å². The van der Waals surface area contributed by atoms with E-state index in [1.54, 1.807) is 6.33 Å². The molecular weight excluding hydrogens is 238 g/mol. The van der Waals surface area contributed by atoms with Crippen LogP contribution in [0.1, 0.15) is 32.3 Å². The van der Waals surface area contributed by atoms with E-state index in [0.29, 0.717) is 5.92 Å². The van der Waals surface area contributed by atoms with Crippen LogP contribution in [0.15, 0.2) is 24.7 Å². The van der Waals surface area contributed by atoms with Gasteiger partial charge in [-0.2, -0.15) is 5.10 Å². The first kappa shape index (κ1) is 13.8. The molecule has 0 bridgehead atoms. The maximum atomic E-state index is 4.32. The molecule has 0 radical (unpaired) electrons. The highest BCUT2D eigenvalue weighted by atomic mass is 15.3. The Morgan fingerprint density at radius 1 is 1.37 bits per heavy atom. The van der Waals surface area contributed by atoms with Crippen molar-refractivity contribution in [3.05, 3.63) is 36.2 Å². The van der Waals surface area contributed by atoms with Crippen LogP contribution in [0.5, 0.6) is 0 Å². The molecule has 0 aromatic carbocycles. The second-order valence-electron chi connectivity index (χ2n) is 5.14. The van der Waals surface area contributed by atoms with E-state index < -0.39 is 0 Å². The molecule has 0 amide bonds. The molecule has 0 spiro atoms. The lowest BCUT2D eigenvalue weighted by Gasteiger charge is -2.11. The van der Waals surface area contributed by atoms with Crippen molar-refractivity contribution >= 4 is 0 Å². The van der Waals surface area contributed by atoms with Gasteiger partial charge in [0, 0.05) is 25.0 Å². The number of rotatable bonds is 7. The van der Waals surface area contributed by atoms with E-state index in [2.05, 4.69) is 59.1 Å². The zero-order valence-corrected chi connectivity index (χ0v) is 12.0. The summed E-state index contributed by atoms with van der Waals surface area (Å²) in [5.41, 5.74) is 1.28. The number of aromatic nitrogens is 4. The average molecular weight is 261 g/mol. The van der Waals surface area contributed by atoms with Crippen molar-refractivity contribution in [2.24, 2.45) is 5.92 Å². The molecule has 104 valence electrons. The number of hydrogen-bond acceptors (Lipinski definition) is 3. The SMILES string of the molecule is CCn1ncnc1Cn1cccc1CNCC(C)C. The van der Waals surface area contributed by atoms with Crippen LogP contribution < -0.4 is 5.32 Å². The molecule has 0 atom stereocenters. The molecule has 0 aliphatic rings. The van der Waals surface area contributed by atoms with Crippen LogP contribution in [0.4, 0.5) is 0 Å². The summed E-state index contributed by atoms with van der Waals surface area (Å²) in [5, 5.41) is 7.68. The lowest BCUT2D eigenvalue weighted by molar-refractivity contribution is 0.531. The Labute approximate surface area is 114 Å². The summed E-state index contributed by atoms with van der Waals surface area (Å²) in [6.45, 7) is 10.1. The molecule has 2 heterocycles. The predicted molar refractivity (Wildman–Crippen MR) is 75.8 cm³/mol. The van der Waals surface area contributed by atoms with Crippen LogP contribution in [0.25, 0.3) is 0 Å². The highest BCUT2D eigenvalue weighted by Gasteiger charge is 2.06. The maximum absolute atomic E-state index is 4.32. The van der Waals surface area contributed by atoms with Crippen molar-refractivity contribution < 1.29 is 0 Å². The van der Waals surface area contributed by atoms with Crippen molar-refractivity contribution in [2.45, 2.75) is 40.4 Å². The van der Waals surface area contributed by atoms with Gasteiger partial charge in [-0.15, -0.1) is 0 Å². The van der Waals surface area contributed by atoms with Gasteiger partial charge in [0.2, 0.25) is 0 Å². The van der Waals surface area contributed by atoms with Gasteiger partial charge in [-0.25, -0.2) is 9.67 Å². The molecule has 2 aromatic heterocycles. The van der Waals surface area contributed by atoms with Crippen molar-refractivity contribution in [3.8, 4) is 0 Å². The first-order valence-electron chi connectivity index (χ1n) is 6.92. The lowest BCUT2D eigenvalue weighted by Crippen LogP contribution is -2.21. The Bertz CT molecular complexity index is 497. The van der Waals surface area contributed by atoms with Gasteiger partial charge in [-0.05, 0) is 31.5 Å². The number of aryl methyl sites for hydroxylation is 1. The number of nitrogens with zero attached hydrogens (tertiary/aromatic N) is 4. The molecule has 0 aliphatic carbocycles. The third-order valence-corrected chi connectivity index (χ3v) is 3.09. The highest BCUT2D eigenvalue weighted by Crippen LogP contribution is 2.06. The van der Waals surface area contributed by atoms with Gasteiger partial charge >= 0.3 is 0 Å². The average Bonchev–Trinajstić information content (AvgIpc) is 2.99. The fraction of sp³-hybridized carbons (Fsp3) is 0.571. The topological polar surface area (TPSA) is 47.7 Å². The summed E-state index contributed by atoms with van der Waals surface area (Å²) in [6.07, 6.45) is 3.72. The summed E-state index contributed by atoms with van der Waals surface area (Å²) >= 11 is 0. The maximum Gasteiger partial charge on any atom is 0.146 e. The summed E-state index contributed by atoms with van der Waals surface area (Å²) in [7, 11) is 0. The normalized spacial score (nSPS) is 11.4. The van der Waals surface area contributed by atoms with E-state index >= 15 is 0 Å². The third-order valence-electron chi connectivity index (χ3n) is 3.09. The van der Waals surface area contributed by atoms with Crippen molar-refractivity contribution in [2.75, 3.05) is 6.54 Å². The van der Waals surface area contributed by atoms with Gasteiger partial charge < -0.3 is 9.88 Å². The van der Waals surface area contributed by atoms with Crippen LogP contribution in [0.2, 0.25) is 0 Å². The van der Waals surface area contributed by atoms with Crippen LogP contribution in [-0.4, -0.2) is 25.9 Å². The molecule has 0 unspecified atom stereocenters. The van der Waals surface area contributed by atoms with Crippen LogP contribution >= 0.6 is 0 Å². The van der Waals surface area contributed by atoms with Crippen molar-refractivity contribution in [3.63, 3.8) is 0 Å². The zero-order chi connectivity index (χ0) is 13.7. The Balaban J connectivity index is 1.99. The molecule has 19 heavy (non-hydrogen) atoms. The smallest absolute Gasteiger partial charge is 0.146 e. The second-order valence-corrected chi connectivity index (χ2v) is 5.14. The van der Waals surface area contributed by atoms with E-state index in [-0.39, 0.29) is 0 Å². The molecular formula is C14H23N5. The molecule has 2 aromatic rings. The van der Waals surface area contributed by atoms with Crippen LogP contribution in [-0.2, 0) is 19.6 Å². The minimum Gasteiger partial charge on any atom is -0.343 e. The van der Waals surface area contributed by atoms with E-state index in [4.69, 9.17) is 0 Å². The molecule has 2 rings (SSSR count). The molecule has 1 N–H and O–H groups in total. The Kier molecular flexibility index (Phi) is 4.74. The highest BCUT2D eigenvalue weighted by molar-refractivity contribution is 5.08. The van der Waals surface area contributed by atoms with Crippen LogP contribution in [0.3, 0.4) is 0 Å². The number of nitrogens with one attached hydrogen (secondary N) is 1. The van der Waals surface area contributed by atoms with Gasteiger partial charge in [-0.1, -0.05) is 13.8 Å². The van der Waals surface area contributed by atoms with Crippen molar-refractivity contribution in [1.82, 2.24) is 24.6 Å². The second kappa shape index (κ2) is 6.52. The van der Waals surface area contributed by atoms with Gasteiger partial charge in [-0.3, -0.25) is 0 Å². The fourth-order valence-electron chi connectivity index (χ4n) is 2.08. The molecule has 0 aliphatic heterocycles. The molecule has 0 saturated heterocycles. The summed E-state index contributed by atoms with van der Waals surface area (Å²) in [6, 6.07) is 4.24. The minimum atomic E-state index is 0.673. The van der Waals surface area contributed by atoms with E-state index in [1.165, 1.54) is 5.69 Å². The van der Waals surface area contributed by atoms with Gasteiger partial charge in [0.1, 0.15) is 12.2 Å². The summed E-state index contributed by atoms with van der Waals surface area (Å²) < 4.78 is 4.16. The van der Waals surface area contributed by atoms with Gasteiger partial charge in [0.05, 0.1) is 6.54 Å². The Hall–Kier alpha value is -1.62. The minimum absolute atomic E-state index is 0.673.